The molecule has 0 unspecified atom stereocenters. The van der Waals surface area contributed by atoms with Crippen molar-refractivity contribution in [2.24, 2.45) is 0 Å². The van der Waals surface area contributed by atoms with Gasteiger partial charge in [-0.1, -0.05) is 55.8 Å². The first-order valence-electron chi connectivity index (χ1n) is 6.31. The summed E-state index contributed by atoms with van der Waals surface area (Å²) < 4.78 is 5.22. The Balaban J connectivity index is 2.11. The highest BCUT2D eigenvalue weighted by Crippen LogP contribution is 2.17. The van der Waals surface area contributed by atoms with Crippen LogP contribution in [0.1, 0.15) is 41.6 Å². The van der Waals surface area contributed by atoms with Crippen molar-refractivity contribution in [2.45, 2.75) is 26.4 Å². The highest BCUT2D eigenvalue weighted by Gasteiger charge is 2.16. The Hall–Kier alpha value is -1.94. The first-order valence-corrected chi connectivity index (χ1v) is 6.69. The van der Waals surface area contributed by atoms with E-state index in [9.17, 15) is 4.79 Å². The topological polar surface area (TPSA) is 52.1 Å². The van der Waals surface area contributed by atoms with Gasteiger partial charge in [0, 0.05) is 5.92 Å². The van der Waals surface area contributed by atoms with Gasteiger partial charge >= 0.3 is 5.97 Å². The van der Waals surface area contributed by atoms with Crippen molar-refractivity contribution in [3.63, 3.8) is 0 Å². The summed E-state index contributed by atoms with van der Waals surface area (Å²) >= 11 is 5.95. The van der Waals surface area contributed by atoms with Crippen LogP contribution in [0, 0.1) is 0 Å². The van der Waals surface area contributed by atoms with E-state index in [0.29, 0.717) is 5.82 Å². The second kappa shape index (κ2) is 6.48. The monoisotopic (exact) mass is 290 g/mol. The zero-order chi connectivity index (χ0) is 14.5. The zero-order valence-electron chi connectivity index (χ0n) is 11.3. The van der Waals surface area contributed by atoms with E-state index >= 15 is 0 Å². The van der Waals surface area contributed by atoms with Gasteiger partial charge in [0.25, 0.3) is 0 Å². The van der Waals surface area contributed by atoms with Crippen molar-refractivity contribution in [1.82, 2.24) is 9.97 Å². The summed E-state index contributed by atoms with van der Waals surface area (Å²) in [6.07, 6.45) is 1.43. The van der Waals surface area contributed by atoms with Crippen molar-refractivity contribution < 1.29 is 9.53 Å². The number of hydrogen-bond acceptors (Lipinski definition) is 4. The molecule has 0 radical (unpaired) electrons. The van der Waals surface area contributed by atoms with Crippen LogP contribution in [0.4, 0.5) is 0 Å². The molecule has 0 saturated carbocycles. The summed E-state index contributed by atoms with van der Waals surface area (Å²) in [7, 11) is 0. The second-order valence-electron chi connectivity index (χ2n) is 4.64. The molecule has 0 aliphatic rings. The minimum absolute atomic E-state index is 0.112. The van der Waals surface area contributed by atoms with E-state index in [-0.39, 0.29) is 23.2 Å². The average Bonchev–Trinajstić information content (AvgIpc) is 2.46. The largest absolute Gasteiger partial charge is 0.456 e. The number of carbonyl (C=O) groups excluding carboxylic acids is 1. The van der Waals surface area contributed by atoms with E-state index in [4.69, 9.17) is 16.3 Å². The van der Waals surface area contributed by atoms with Gasteiger partial charge in [-0.3, -0.25) is 0 Å². The summed E-state index contributed by atoms with van der Waals surface area (Å²) in [4.78, 5) is 20.3. The molecule has 0 atom stereocenters. The van der Waals surface area contributed by atoms with Crippen LogP contribution >= 0.6 is 11.6 Å². The highest BCUT2D eigenvalue weighted by atomic mass is 35.5. The third kappa shape index (κ3) is 3.54. The van der Waals surface area contributed by atoms with Crippen molar-refractivity contribution in [3.05, 3.63) is 58.6 Å². The van der Waals surface area contributed by atoms with Gasteiger partial charge in [-0.05, 0) is 5.56 Å². The minimum Gasteiger partial charge on any atom is -0.456 e. The van der Waals surface area contributed by atoms with E-state index in [1.54, 1.807) is 0 Å². The van der Waals surface area contributed by atoms with Gasteiger partial charge in [0.2, 0.25) is 0 Å². The summed E-state index contributed by atoms with van der Waals surface area (Å²) in [5.74, 6) is 0.150. The summed E-state index contributed by atoms with van der Waals surface area (Å²) in [5.41, 5.74) is 1.02. The number of carbonyl (C=O) groups is 1. The number of benzene rings is 1. The Morgan fingerprint density at radius 3 is 2.65 bits per heavy atom. The van der Waals surface area contributed by atoms with Crippen LogP contribution in [0.25, 0.3) is 0 Å². The fraction of sp³-hybridized carbons (Fsp3) is 0.267. The molecule has 1 heterocycles. The number of aromatic nitrogens is 2. The maximum Gasteiger partial charge on any atom is 0.358 e. The second-order valence-corrected chi connectivity index (χ2v) is 5.05. The summed E-state index contributed by atoms with van der Waals surface area (Å²) in [5, 5.41) is 0.201. The maximum absolute atomic E-state index is 12.0. The predicted molar refractivity (Wildman–Crippen MR) is 76.7 cm³/mol. The van der Waals surface area contributed by atoms with Crippen LogP contribution in [-0.4, -0.2) is 15.9 Å². The Morgan fingerprint density at radius 2 is 2.00 bits per heavy atom. The van der Waals surface area contributed by atoms with E-state index in [0.717, 1.165) is 5.56 Å². The number of ether oxygens (including phenoxy) is 1. The van der Waals surface area contributed by atoms with Crippen molar-refractivity contribution >= 4 is 17.6 Å². The lowest BCUT2D eigenvalue weighted by molar-refractivity contribution is 0.0465. The lowest BCUT2D eigenvalue weighted by atomic mass is 10.2. The molecule has 0 aliphatic heterocycles. The smallest absolute Gasteiger partial charge is 0.358 e. The molecule has 104 valence electrons. The lowest BCUT2D eigenvalue weighted by Crippen LogP contribution is -2.11. The molecule has 0 saturated heterocycles. The molecule has 0 spiro atoms. The van der Waals surface area contributed by atoms with Gasteiger partial charge in [-0.2, -0.15) is 0 Å². The van der Waals surface area contributed by atoms with Gasteiger partial charge in [-0.15, -0.1) is 0 Å². The van der Waals surface area contributed by atoms with Crippen molar-refractivity contribution in [1.29, 1.82) is 0 Å². The third-order valence-corrected chi connectivity index (χ3v) is 2.96. The number of nitrogens with zero attached hydrogens (tertiary/aromatic N) is 2. The highest BCUT2D eigenvalue weighted by molar-refractivity contribution is 6.33. The molecule has 0 fully saturated rings. The molecule has 0 bridgehead atoms. The van der Waals surface area contributed by atoms with Crippen LogP contribution in [0.2, 0.25) is 5.02 Å². The number of rotatable bonds is 4. The molecular formula is C15H15ClN2O2. The number of esters is 1. The van der Waals surface area contributed by atoms with E-state index in [1.165, 1.54) is 6.20 Å². The lowest BCUT2D eigenvalue weighted by Gasteiger charge is -2.08. The maximum atomic E-state index is 12.0. The van der Waals surface area contributed by atoms with Crippen LogP contribution < -0.4 is 0 Å². The van der Waals surface area contributed by atoms with Crippen molar-refractivity contribution in [3.8, 4) is 0 Å². The van der Waals surface area contributed by atoms with E-state index in [1.807, 2.05) is 44.2 Å². The van der Waals surface area contributed by atoms with Gasteiger partial charge < -0.3 is 4.74 Å². The summed E-state index contributed by atoms with van der Waals surface area (Å²) in [6, 6.07) is 9.44. The standard InChI is InChI=1S/C15H15ClN2O2/c1-10(2)14-17-8-12(16)13(18-14)15(19)20-9-11-6-4-3-5-7-11/h3-8,10H,9H2,1-2H3. The van der Waals surface area contributed by atoms with Crippen LogP contribution in [0.5, 0.6) is 0 Å². The molecule has 5 heteroatoms. The predicted octanol–water partition coefficient (Wildman–Crippen LogP) is 3.61. The van der Waals surface area contributed by atoms with Crippen molar-refractivity contribution in [2.75, 3.05) is 0 Å². The average molecular weight is 291 g/mol. The third-order valence-electron chi connectivity index (χ3n) is 2.69. The number of hydrogen-bond donors (Lipinski definition) is 0. The Kier molecular flexibility index (Phi) is 4.69. The fourth-order valence-corrected chi connectivity index (χ4v) is 1.76. The van der Waals surface area contributed by atoms with Crippen LogP contribution in [0.3, 0.4) is 0 Å². The zero-order valence-corrected chi connectivity index (χ0v) is 12.1. The molecule has 2 rings (SSSR count). The molecule has 0 amide bonds. The fourth-order valence-electron chi connectivity index (χ4n) is 1.59. The first kappa shape index (κ1) is 14.5. The Labute approximate surface area is 122 Å². The van der Waals surface area contributed by atoms with Crippen LogP contribution in [0.15, 0.2) is 36.5 Å². The first-order chi connectivity index (χ1) is 9.58. The normalized spacial score (nSPS) is 10.6. The van der Waals surface area contributed by atoms with Gasteiger partial charge in [0.15, 0.2) is 5.69 Å². The Bertz CT molecular complexity index is 600. The number of halogens is 1. The molecule has 1 aromatic carbocycles. The molecule has 2 aromatic rings. The minimum atomic E-state index is -0.539. The Morgan fingerprint density at radius 1 is 1.30 bits per heavy atom. The van der Waals surface area contributed by atoms with E-state index in [2.05, 4.69) is 9.97 Å². The molecular weight excluding hydrogens is 276 g/mol. The molecule has 0 aliphatic carbocycles. The molecule has 1 aromatic heterocycles. The SMILES string of the molecule is CC(C)c1ncc(Cl)c(C(=O)OCc2ccccc2)n1. The molecule has 4 nitrogen and oxygen atoms in total. The van der Waals surface area contributed by atoms with Crippen LogP contribution in [-0.2, 0) is 11.3 Å². The quantitative estimate of drug-likeness (QED) is 0.807. The molecule has 0 N–H and O–H groups in total. The van der Waals surface area contributed by atoms with Gasteiger partial charge in [0.05, 0.1) is 11.2 Å². The molecule has 20 heavy (non-hydrogen) atoms. The summed E-state index contributed by atoms with van der Waals surface area (Å²) in [6.45, 7) is 4.08. The van der Waals surface area contributed by atoms with Gasteiger partial charge in [0.1, 0.15) is 12.4 Å². The van der Waals surface area contributed by atoms with E-state index < -0.39 is 5.97 Å². The van der Waals surface area contributed by atoms with Gasteiger partial charge in [-0.25, -0.2) is 14.8 Å².